The van der Waals surface area contributed by atoms with Crippen LogP contribution < -0.4 is 14.8 Å². The normalized spacial score (nSPS) is 10.1. The maximum Gasteiger partial charge on any atom is 0.345 e. The van der Waals surface area contributed by atoms with Crippen molar-refractivity contribution < 1.29 is 14.4 Å². The maximum absolute atomic E-state index is 10.6. The Morgan fingerprint density at radius 3 is 2.70 bits per heavy atom. The zero-order chi connectivity index (χ0) is 14.5. The van der Waals surface area contributed by atoms with E-state index in [0.717, 1.165) is 16.9 Å². The number of benzene rings is 1. The predicted molar refractivity (Wildman–Crippen MR) is 75.6 cm³/mol. The zero-order valence-electron chi connectivity index (χ0n) is 11.0. The molecule has 0 spiro atoms. The van der Waals surface area contributed by atoms with E-state index in [4.69, 9.17) is 9.47 Å². The topological polar surface area (TPSA) is 86.5 Å². The van der Waals surface area contributed by atoms with Gasteiger partial charge < -0.3 is 14.8 Å². The number of hydrogen-bond donors (Lipinski definition) is 1. The minimum absolute atomic E-state index is 0.0137. The van der Waals surface area contributed by atoms with Crippen molar-refractivity contribution in [1.82, 2.24) is 4.98 Å². The molecule has 0 amide bonds. The third-order valence-corrected chi connectivity index (χ3v) is 3.47. The second-order valence-corrected chi connectivity index (χ2v) is 4.81. The van der Waals surface area contributed by atoms with Crippen LogP contribution in [-0.4, -0.2) is 24.1 Å². The van der Waals surface area contributed by atoms with E-state index in [1.165, 1.54) is 6.20 Å². The van der Waals surface area contributed by atoms with Crippen molar-refractivity contribution in [3.8, 4) is 11.5 Å². The first kappa shape index (κ1) is 14.1. The van der Waals surface area contributed by atoms with Crippen LogP contribution in [-0.2, 0) is 6.54 Å². The summed E-state index contributed by atoms with van der Waals surface area (Å²) in [6, 6.07) is 5.53. The smallest absolute Gasteiger partial charge is 0.345 e. The van der Waals surface area contributed by atoms with Crippen LogP contribution in [0.2, 0.25) is 0 Å². The fourth-order valence-corrected chi connectivity index (χ4v) is 2.23. The number of ether oxygens (including phenoxy) is 2. The van der Waals surface area contributed by atoms with E-state index in [2.05, 4.69) is 10.3 Å². The Labute approximate surface area is 119 Å². The lowest BCUT2D eigenvalue weighted by Crippen LogP contribution is -2.00. The van der Waals surface area contributed by atoms with Gasteiger partial charge in [0.05, 0.1) is 19.1 Å². The summed E-state index contributed by atoms with van der Waals surface area (Å²) in [5.74, 6) is 1.29. The molecule has 2 aromatic rings. The maximum atomic E-state index is 10.6. The van der Waals surface area contributed by atoms with Crippen molar-refractivity contribution in [2.24, 2.45) is 0 Å². The van der Waals surface area contributed by atoms with Crippen LogP contribution in [0.25, 0.3) is 0 Å². The Kier molecular flexibility index (Phi) is 4.36. The van der Waals surface area contributed by atoms with Crippen LogP contribution >= 0.6 is 11.3 Å². The van der Waals surface area contributed by atoms with Gasteiger partial charge in [0.1, 0.15) is 6.20 Å². The van der Waals surface area contributed by atoms with Gasteiger partial charge in [0, 0.05) is 6.54 Å². The van der Waals surface area contributed by atoms with Gasteiger partial charge in [0.2, 0.25) is 0 Å². The van der Waals surface area contributed by atoms with Gasteiger partial charge in [-0.05, 0) is 29.0 Å². The molecule has 106 valence electrons. The molecule has 0 aliphatic carbocycles. The highest BCUT2D eigenvalue weighted by Gasteiger charge is 2.11. The summed E-state index contributed by atoms with van der Waals surface area (Å²) in [5, 5.41) is 14.1. The first-order valence-corrected chi connectivity index (χ1v) is 6.50. The van der Waals surface area contributed by atoms with Crippen LogP contribution in [0.3, 0.4) is 0 Å². The largest absolute Gasteiger partial charge is 0.493 e. The van der Waals surface area contributed by atoms with E-state index in [0.29, 0.717) is 23.2 Å². The van der Waals surface area contributed by atoms with Crippen LogP contribution in [0.15, 0.2) is 24.4 Å². The Bertz CT molecular complexity index is 614. The molecule has 1 heterocycles. The molecule has 0 unspecified atom stereocenters. The fourth-order valence-electron chi connectivity index (χ4n) is 1.60. The summed E-state index contributed by atoms with van der Waals surface area (Å²) < 4.78 is 10.4. The van der Waals surface area contributed by atoms with E-state index >= 15 is 0 Å². The minimum atomic E-state index is -0.459. The zero-order valence-corrected chi connectivity index (χ0v) is 11.8. The van der Waals surface area contributed by atoms with Crippen LogP contribution in [0.4, 0.5) is 10.1 Å². The first-order valence-electron chi connectivity index (χ1n) is 5.69. The molecule has 0 fully saturated rings. The summed E-state index contributed by atoms with van der Waals surface area (Å²) >= 11 is 1.00. The third kappa shape index (κ3) is 3.15. The summed E-state index contributed by atoms with van der Waals surface area (Å²) in [4.78, 5) is 14.0. The minimum Gasteiger partial charge on any atom is -0.493 e. The molecule has 0 bridgehead atoms. The second kappa shape index (κ2) is 6.20. The SMILES string of the molecule is COc1ccc(CNc2ncc([N+](=O)[O-])s2)cc1OC. The number of hydrogen-bond acceptors (Lipinski definition) is 7. The van der Waals surface area contributed by atoms with E-state index in [9.17, 15) is 10.1 Å². The fraction of sp³-hybridized carbons (Fsp3) is 0.250. The lowest BCUT2D eigenvalue weighted by atomic mass is 10.2. The molecule has 2 rings (SSSR count). The van der Waals surface area contributed by atoms with Gasteiger partial charge in [-0.1, -0.05) is 6.07 Å². The van der Waals surface area contributed by atoms with Gasteiger partial charge in [0.25, 0.3) is 0 Å². The molecule has 1 N–H and O–H groups in total. The molecule has 0 atom stereocenters. The lowest BCUT2D eigenvalue weighted by Gasteiger charge is -2.09. The standard InChI is InChI=1S/C12H13N3O4S/c1-18-9-4-3-8(5-10(9)19-2)6-13-12-14-7-11(20-12)15(16)17/h3-5,7H,6H2,1-2H3,(H,13,14). The van der Waals surface area contributed by atoms with Gasteiger partial charge in [-0.2, -0.15) is 0 Å². The molecule has 1 aromatic carbocycles. The number of rotatable bonds is 6. The Morgan fingerprint density at radius 2 is 2.10 bits per heavy atom. The van der Waals surface area contributed by atoms with Crippen LogP contribution in [0.1, 0.15) is 5.56 Å². The van der Waals surface area contributed by atoms with Gasteiger partial charge >= 0.3 is 5.00 Å². The Hall–Kier alpha value is -2.35. The van der Waals surface area contributed by atoms with Crippen molar-refractivity contribution in [2.45, 2.75) is 6.54 Å². The summed E-state index contributed by atoms with van der Waals surface area (Å²) in [5.41, 5.74) is 0.959. The highest BCUT2D eigenvalue weighted by Crippen LogP contribution is 2.29. The van der Waals surface area contributed by atoms with Crippen LogP contribution in [0, 0.1) is 10.1 Å². The quantitative estimate of drug-likeness (QED) is 0.651. The second-order valence-electron chi connectivity index (χ2n) is 3.80. The van der Waals surface area contributed by atoms with E-state index in [-0.39, 0.29) is 5.00 Å². The number of nitro groups is 1. The average molecular weight is 295 g/mol. The third-order valence-electron chi connectivity index (χ3n) is 2.57. The van der Waals surface area contributed by atoms with Crippen molar-refractivity contribution in [2.75, 3.05) is 19.5 Å². The van der Waals surface area contributed by atoms with Crippen LogP contribution in [0.5, 0.6) is 11.5 Å². The molecule has 8 heteroatoms. The molecule has 0 aliphatic heterocycles. The predicted octanol–water partition coefficient (Wildman–Crippen LogP) is 2.68. The molecule has 7 nitrogen and oxygen atoms in total. The molecule has 0 radical (unpaired) electrons. The van der Waals surface area contributed by atoms with Gasteiger partial charge in [0.15, 0.2) is 16.6 Å². The van der Waals surface area contributed by atoms with E-state index in [1.54, 1.807) is 20.3 Å². The van der Waals surface area contributed by atoms with E-state index < -0.39 is 4.92 Å². The van der Waals surface area contributed by atoms with Crippen molar-refractivity contribution in [3.05, 3.63) is 40.1 Å². The number of nitrogens with zero attached hydrogens (tertiary/aromatic N) is 2. The lowest BCUT2D eigenvalue weighted by molar-refractivity contribution is -0.380. The number of nitrogens with one attached hydrogen (secondary N) is 1. The average Bonchev–Trinajstić information content (AvgIpc) is 2.94. The highest BCUT2D eigenvalue weighted by molar-refractivity contribution is 7.18. The first-order chi connectivity index (χ1) is 9.63. The molecular weight excluding hydrogens is 282 g/mol. The Balaban J connectivity index is 2.04. The van der Waals surface area contributed by atoms with Crippen molar-refractivity contribution in [3.63, 3.8) is 0 Å². The van der Waals surface area contributed by atoms with Crippen molar-refractivity contribution in [1.29, 1.82) is 0 Å². The highest BCUT2D eigenvalue weighted by atomic mass is 32.1. The molecular formula is C12H13N3O4S. The van der Waals surface area contributed by atoms with Gasteiger partial charge in [-0.3, -0.25) is 10.1 Å². The monoisotopic (exact) mass is 295 g/mol. The molecule has 0 saturated carbocycles. The number of methoxy groups -OCH3 is 2. The summed E-state index contributed by atoms with van der Waals surface area (Å²) in [7, 11) is 3.14. The summed E-state index contributed by atoms with van der Waals surface area (Å²) in [6.45, 7) is 0.491. The van der Waals surface area contributed by atoms with Gasteiger partial charge in [-0.15, -0.1) is 0 Å². The number of thiazole rings is 1. The number of anilines is 1. The Morgan fingerprint density at radius 1 is 1.35 bits per heavy atom. The van der Waals surface area contributed by atoms with E-state index in [1.807, 2.05) is 12.1 Å². The summed E-state index contributed by atoms with van der Waals surface area (Å²) in [6.07, 6.45) is 1.24. The molecule has 0 aliphatic rings. The molecule has 1 aromatic heterocycles. The van der Waals surface area contributed by atoms with Gasteiger partial charge in [-0.25, -0.2) is 4.98 Å². The molecule has 20 heavy (non-hydrogen) atoms. The number of aromatic nitrogens is 1. The van der Waals surface area contributed by atoms with Crippen molar-refractivity contribution >= 4 is 21.5 Å². The molecule has 0 saturated heterocycles.